The highest BCUT2D eigenvalue weighted by Crippen LogP contribution is 2.31. The molecule has 134 valence electrons. The van der Waals surface area contributed by atoms with Crippen molar-refractivity contribution in [3.05, 3.63) is 36.0 Å². The summed E-state index contributed by atoms with van der Waals surface area (Å²) in [6.07, 6.45) is 6.08. The lowest BCUT2D eigenvalue weighted by Crippen LogP contribution is -2.59. The highest BCUT2D eigenvalue weighted by molar-refractivity contribution is 5.38. The number of aromatic nitrogens is 4. The molecular formula is C18H26N6O. The first kappa shape index (κ1) is 16.5. The lowest BCUT2D eigenvalue weighted by Gasteiger charge is -2.48. The molecule has 0 amide bonds. The lowest BCUT2D eigenvalue weighted by molar-refractivity contribution is -0.116. The molecule has 0 bridgehead atoms. The monoisotopic (exact) mass is 342 g/mol. The zero-order valence-corrected chi connectivity index (χ0v) is 15.1. The maximum Gasteiger partial charge on any atom is 0.151 e. The minimum Gasteiger partial charge on any atom is -0.370 e. The molecule has 4 rings (SSSR count). The smallest absolute Gasteiger partial charge is 0.151 e. The first-order chi connectivity index (χ1) is 12.1. The Morgan fingerprint density at radius 3 is 2.88 bits per heavy atom. The number of imidazole rings is 1. The van der Waals surface area contributed by atoms with E-state index in [1.807, 2.05) is 25.4 Å². The van der Waals surface area contributed by atoms with Crippen molar-refractivity contribution in [3.63, 3.8) is 0 Å². The fourth-order valence-corrected chi connectivity index (χ4v) is 3.91. The molecule has 0 aromatic carbocycles. The van der Waals surface area contributed by atoms with Gasteiger partial charge in [-0.2, -0.15) is 5.10 Å². The van der Waals surface area contributed by atoms with Gasteiger partial charge in [-0.1, -0.05) is 0 Å². The Kier molecular flexibility index (Phi) is 4.43. The van der Waals surface area contributed by atoms with Gasteiger partial charge in [0.1, 0.15) is 5.82 Å². The Bertz CT molecular complexity index is 711. The van der Waals surface area contributed by atoms with Crippen molar-refractivity contribution in [2.45, 2.75) is 31.9 Å². The average Bonchev–Trinajstić information content (AvgIpc) is 3.00. The number of nitrogens with zero attached hydrogens (tertiary/aromatic N) is 6. The molecule has 2 aromatic rings. The molecule has 2 fully saturated rings. The molecule has 7 heteroatoms. The lowest BCUT2D eigenvalue weighted by atomic mass is 9.90. The van der Waals surface area contributed by atoms with Gasteiger partial charge in [-0.05, 0) is 31.9 Å². The summed E-state index contributed by atoms with van der Waals surface area (Å²) in [7, 11) is 2.05. The van der Waals surface area contributed by atoms with Gasteiger partial charge in [0.25, 0.3) is 0 Å². The molecule has 1 spiro atoms. The molecule has 2 aliphatic heterocycles. The molecule has 4 heterocycles. The topological polar surface area (TPSA) is 59.3 Å². The molecule has 0 unspecified atom stereocenters. The van der Waals surface area contributed by atoms with Crippen LogP contribution in [0.25, 0.3) is 0 Å². The number of hydrogen-bond donors (Lipinski definition) is 0. The number of anilines is 1. The minimum absolute atomic E-state index is 0.117. The normalized spacial score (nSPS) is 24.8. The molecule has 2 saturated heterocycles. The van der Waals surface area contributed by atoms with Gasteiger partial charge in [0, 0.05) is 45.6 Å². The zero-order chi connectivity index (χ0) is 17.3. The van der Waals surface area contributed by atoms with Gasteiger partial charge < -0.3 is 14.2 Å². The van der Waals surface area contributed by atoms with Crippen LogP contribution in [0.15, 0.2) is 24.5 Å². The van der Waals surface area contributed by atoms with Crippen molar-refractivity contribution in [1.82, 2.24) is 24.6 Å². The van der Waals surface area contributed by atoms with Gasteiger partial charge in [0.2, 0.25) is 0 Å². The van der Waals surface area contributed by atoms with Crippen LogP contribution in [0.2, 0.25) is 0 Å². The van der Waals surface area contributed by atoms with Crippen molar-refractivity contribution in [3.8, 4) is 0 Å². The van der Waals surface area contributed by atoms with Crippen LogP contribution in [0.1, 0.15) is 24.4 Å². The number of ether oxygens (including phenoxy) is 1. The SMILES string of the molecule is Cc1ccc(N2CCC[C@@]3(CN(Cc4nccn4C)CCO3)C2)nn1. The number of piperidine rings is 1. The van der Waals surface area contributed by atoms with E-state index in [1.54, 1.807) is 0 Å². The quantitative estimate of drug-likeness (QED) is 0.840. The second-order valence-corrected chi connectivity index (χ2v) is 7.25. The van der Waals surface area contributed by atoms with Crippen LogP contribution in [-0.2, 0) is 18.3 Å². The summed E-state index contributed by atoms with van der Waals surface area (Å²) >= 11 is 0. The second-order valence-electron chi connectivity index (χ2n) is 7.25. The van der Waals surface area contributed by atoms with Crippen molar-refractivity contribution in [1.29, 1.82) is 0 Å². The van der Waals surface area contributed by atoms with E-state index in [1.165, 1.54) is 0 Å². The van der Waals surface area contributed by atoms with Gasteiger partial charge in [0.05, 0.1) is 24.4 Å². The number of hydrogen-bond acceptors (Lipinski definition) is 6. The summed E-state index contributed by atoms with van der Waals surface area (Å²) in [5.74, 6) is 2.06. The summed E-state index contributed by atoms with van der Waals surface area (Å²) in [6, 6.07) is 4.09. The van der Waals surface area contributed by atoms with E-state index < -0.39 is 0 Å². The molecule has 0 saturated carbocycles. The molecule has 0 N–H and O–H groups in total. The summed E-state index contributed by atoms with van der Waals surface area (Å²) in [5, 5.41) is 8.57. The molecule has 2 aliphatic rings. The third-order valence-electron chi connectivity index (χ3n) is 5.26. The van der Waals surface area contributed by atoms with Gasteiger partial charge in [-0.3, -0.25) is 4.90 Å². The van der Waals surface area contributed by atoms with E-state index in [9.17, 15) is 0 Å². The van der Waals surface area contributed by atoms with Crippen LogP contribution >= 0.6 is 0 Å². The standard InChI is InChI=1S/C18H26N6O/c1-15-4-5-16(21-20-15)24-8-3-6-18(14-24)13-23(10-11-25-18)12-17-19-7-9-22(17)2/h4-5,7,9H,3,6,8,10-14H2,1-2H3/t18-/m1/s1. The van der Waals surface area contributed by atoms with Crippen LogP contribution in [0.4, 0.5) is 5.82 Å². The first-order valence-electron chi connectivity index (χ1n) is 9.01. The maximum atomic E-state index is 6.30. The Balaban J connectivity index is 1.46. The van der Waals surface area contributed by atoms with Crippen LogP contribution in [0, 0.1) is 6.92 Å². The van der Waals surface area contributed by atoms with Crippen molar-refractivity contribution in [2.24, 2.45) is 7.05 Å². The van der Waals surface area contributed by atoms with Crippen molar-refractivity contribution in [2.75, 3.05) is 37.7 Å². The average molecular weight is 342 g/mol. The molecule has 7 nitrogen and oxygen atoms in total. The van der Waals surface area contributed by atoms with Gasteiger partial charge in [0.15, 0.2) is 5.82 Å². The molecular weight excluding hydrogens is 316 g/mol. The van der Waals surface area contributed by atoms with Gasteiger partial charge >= 0.3 is 0 Å². The van der Waals surface area contributed by atoms with E-state index in [0.717, 1.165) is 69.5 Å². The third kappa shape index (κ3) is 3.52. The number of morpholine rings is 1. The van der Waals surface area contributed by atoms with Crippen LogP contribution in [0.5, 0.6) is 0 Å². The Morgan fingerprint density at radius 2 is 2.12 bits per heavy atom. The molecule has 25 heavy (non-hydrogen) atoms. The van der Waals surface area contributed by atoms with Crippen LogP contribution < -0.4 is 4.90 Å². The Labute approximate surface area is 148 Å². The molecule has 2 aromatic heterocycles. The summed E-state index contributed by atoms with van der Waals surface area (Å²) < 4.78 is 8.40. The fraction of sp³-hybridized carbons (Fsp3) is 0.611. The van der Waals surface area contributed by atoms with Crippen molar-refractivity contribution >= 4 is 5.82 Å². The van der Waals surface area contributed by atoms with Crippen LogP contribution in [-0.4, -0.2) is 63.0 Å². The highest BCUT2D eigenvalue weighted by atomic mass is 16.5. The third-order valence-corrected chi connectivity index (χ3v) is 5.26. The summed E-state index contributed by atoms with van der Waals surface area (Å²) in [6.45, 7) is 7.41. The second kappa shape index (κ2) is 6.72. The largest absolute Gasteiger partial charge is 0.370 e. The van der Waals surface area contributed by atoms with Gasteiger partial charge in [-0.15, -0.1) is 5.10 Å². The van der Waals surface area contributed by atoms with E-state index in [0.29, 0.717) is 0 Å². The molecule has 0 aliphatic carbocycles. The predicted octanol–water partition coefficient (Wildman–Crippen LogP) is 1.39. The maximum absolute atomic E-state index is 6.30. The number of aryl methyl sites for hydroxylation is 2. The van der Waals surface area contributed by atoms with E-state index in [2.05, 4.69) is 42.7 Å². The fourth-order valence-electron chi connectivity index (χ4n) is 3.91. The van der Waals surface area contributed by atoms with Crippen molar-refractivity contribution < 1.29 is 4.74 Å². The van der Waals surface area contributed by atoms with E-state index in [-0.39, 0.29) is 5.60 Å². The number of rotatable bonds is 3. The van der Waals surface area contributed by atoms with E-state index in [4.69, 9.17) is 4.74 Å². The molecule has 0 radical (unpaired) electrons. The molecule has 1 atom stereocenters. The predicted molar refractivity (Wildman–Crippen MR) is 95.4 cm³/mol. The summed E-state index contributed by atoms with van der Waals surface area (Å²) in [4.78, 5) is 9.25. The Hall–Kier alpha value is -1.99. The zero-order valence-electron chi connectivity index (χ0n) is 15.1. The van der Waals surface area contributed by atoms with E-state index >= 15 is 0 Å². The first-order valence-corrected chi connectivity index (χ1v) is 9.01. The summed E-state index contributed by atoms with van der Waals surface area (Å²) in [5.41, 5.74) is 0.833. The van der Waals surface area contributed by atoms with Crippen LogP contribution in [0.3, 0.4) is 0 Å². The Morgan fingerprint density at radius 1 is 1.20 bits per heavy atom. The van der Waals surface area contributed by atoms with Gasteiger partial charge in [-0.25, -0.2) is 4.98 Å². The highest BCUT2D eigenvalue weighted by Gasteiger charge is 2.41. The minimum atomic E-state index is -0.117.